The normalized spacial score (nSPS) is 10.0. The maximum atomic E-state index is 13.8. The molecule has 0 saturated carbocycles. The number of rotatable bonds is 6. The van der Waals surface area contributed by atoms with Crippen LogP contribution in [0.5, 0.6) is 0 Å². The van der Waals surface area contributed by atoms with Crippen molar-refractivity contribution in [3.8, 4) is 0 Å². The quantitative estimate of drug-likeness (QED) is 0.453. The number of non-ortho nitro benzene ring substituents is 1. The number of nitrogens with zero attached hydrogens (tertiary/aromatic N) is 2. The number of ether oxygens (including phenoxy) is 1. The fourth-order valence-corrected chi connectivity index (χ4v) is 1.65. The average Bonchev–Trinajstić information content (AvgIpc) is 2.44. The average molecular weight is 298 g/mol. The maximum absolute atomic E-state index is 13.8. The Kier molecular flexibility index (Phi) is 5.77. The maximum Gasteiger partial charge on any atom is 0.325 e. The van der Waals surface area contributed by atoms with Gasteiger partial charge >= 0.3 is 5.97 Å². The summed E-state index contributed by atoms with van der Waals surface area (Å²) in [4.78, 5) is 34.4. The number of carbonyl (C=O) groups excluding carboxylic acids is 2. The van der Waals surface area contributed by atoms with Gasteiger partial charge in [0, 0.05) is 12.6 Å². The highest BCUT2D eigenvalue weighted by atomic mass is 19.1. The first kappa shape index (κ1) is 16.5. The van der Waals surface area contributed by atoms with Crippen LogP contribution in [0, 0.1) is 15.9 Å². The molecule has 0 fully saturated rings. The van der Waals surface area contributed by atoms with Crippen LogP contribution >= 0.6 is 0 Å². The van der Waals surface area contributed by atoms with Gasteiger partial charge in [0.1, 0.15) is 12.4 Å². The molecule has 0 aliphatic heterocycles. The Hall–Kier alpha value is -2.51. The van der Waals surface area contributed by atoms with E-state index in [4.69, 9.17) is 4.74 Å². The summed E-state index contributed by atoms with van der Waals surface area (Å²) < 4.78 is 18.5. The van der Waals surface area contributed by atoms with Crippen molar-refractivity contribution in [3.63, 3.8) is 0 Å². The molecule has 1 rings (SSSR count). The molecule has 0 N–H and O–H groups in total. The number of carbonyl (C=O) groups is 2. The van der Waals surface area contributed by atoms with E-state index >= 15 is 0 Å². The summed E-state index contributed by atoms with van der Waals surface area (Å²) in [6, 6.07) is 2.74. The van der Waals surface area contributed by atoms with Crippen molar-refractivity contribution in [1.82, 2.24) is 4.90 Å². The van der Waals surface area contributed by atoms with Crippen LogP contribution in [0.15, 0.2) is 18.2 Å². The summed E-state index contributed by atoms with van der Waals surface area (Å²) >= 11 is 0. The van der Waals surface area contributed by atoms with Gasteiger partial charge in [0.25, 0.3) is 11.6 Å². The SMILES string of the molecule is CCOC(=O)CN(CC)C(=O)c1ccc([N+](=O)[O-])cc1F. The lowest BCUT2D eigenvalue weighted by atomic mass is 10.1. The van der Waals surface area contributed by atoms with E-state index in [2.05, 4.69) is 0 Å². The predicted molar refractivity (Wildman–Crippen MR) is 71.3 cm³/mol. The third kappa shape index (κ3) is 4.23. The molecule has 0 aliphatic carbocycles. The highest BCUT2D eigenvalue weighted by molar-refractivity contribution is 5.96. The summed E-state index contributed by atoms with van der Waals surface area (Å²) in [5, 5.41) is 10.5. The van der Waals surface area contributed by atoms with E-state index in [1.165, 1.54) is 0 Å². The molecule has 0 aromatic heterocycles. The zero-order valence-corrected chi connectivity index (χ0v) is 11.7. The van der Waals surface area contributed by atoms with Crippen LogP contribution in [0.2, 0.25) is 0 Å². The van der Waals surface area contributed by atoms with E-state index in [0.717, 1.165) is 17.0 Å². The Morgan fingerprint density at radius 1 is 1.38 bits per heavy atom. The van der Waals surface area contributed by atoms with Gasteiger partial charge in [-0.3, -0.25) is 19.7 Å². The van der Waals surface area contributed by atoms with Gasteiger partial charge in [0.15, 0.2) is 0 Å². The summed E-state index contributed by atoms with van der Waals surface area (Å²) in [6.07, 6.45) is 0. The molecule has 0 aliphatic rings. The number of benzene rings is 1. The van der Waals surface area contributed by atoms with E-state index in [0.29, 0.717) is 6.07 Å². The van der Waals surface area contributed by atoms with Crippen molar-refractivity contribution >= 4 is 17.6 Å². The molecule has 0 radical (unpaired) electrons. The van der Waals surface area contributed by atoms with Crippen LogP contribution in [-0.2, 0) is 9.53 Å². The number of hydrogen-bond donors (Lipinski definition) is 0. The molecule has 0 atom stereocenters. The van der Waals surface area contributed by atoms with Gasteiger partial charge in [-0.1, -0.05) is 0 Å². The van der Waals surface area contributed by atoms with Crippen LogP contribution < -0.4 is 0 Å². The smallest absolute Gasteiger partial charge is 0.325 e. The molecule has 1 amide bonds. The minimum absolute atomic E-state index is 0.175. The number of amides is 1. The van der Waals surface area contributed by atoms with Crippen molar-refractivity contribution in [2.45, 2.75) is 13.8 Å². The van der Waals surface area contributed by atoms with Crippen LogP contribution in [0.1, 0.15) is 24.2 Å². The fraction of sp³-hybridized carbons (Fsp3) is 0.385. The summed E-state index contributed by atoms with van der Waals surface area (Å²) in [7, 11) is 0. The van der Waals surface area contributed by atoms with Crippen LogP contribution in [0.25, 0.3) is 0 Å². The van der Waals surface area contributed by atoms with Gasteiger partial charge in [-0.05, 0) is 19.9 Å². The molecule has 0 saturated heterocycles. The fourth-order valence-electron chi connectivity index (χ4n) is 1.65. The monoisotopic (exact) mass is 298 g/mol. The zero-order valence-electron chi connectivity index (χ0n) is 11.7. The number of esters is 1. The molecule has 0 heterocycles. The first-order valence-electron chi connectivity index (χ1n) is 6.29. The standard InChI is InChI=1S/C13H15FN2O5/c1-3-15(8-12(17)21-4-2)13(18)10-6-5-9(16(19)20)7-11(10)14/h5-7H,3-4,8H2,1-2H3. The van der Waals surface area contributed by atoms with Gasteiger partial charge in [-0.15, -0.1) is 0 Å². The van der Waals surface area contributed by atoms with E-state index in [1.54, 1.807) is 13.8 Å². The summed E-state index contributed by atoms with van der Waals surface area (Å²) in [5.41, 5.74) is -0.774. The van der Waals surface area contributed by atoms with E-state index in [-0.39, 0.29) is 25.3 Å². The first-order chi connectivity index (χ1) is 9.90. The highest BCUT2D eigenvalue weighted by Crippen LogP contribution is 2.18. The number of hydrogen-bond acceptors (Lipinski definition) is 5. The number of nitro groups is 1. The largest absolute Gasteiger partial charge is 0.465 e. The molecule has 21 heavy (non-hydrogen) atoms. The second-order valence-electron chi connectivity index (χ2n) is 4.05. The minimum atomic E-state index is -1.00. The molecule has 1 aromatic rings. The second-order valence-corrected chi connectivity index (χ2v) is 4.05. The molecule has 8 heteroatoms. The Morgan fingerprint density at radius 3 is 2.52 bits per heavy atom. The molecule has 0 spiro atoms. The molecule has 7 nitrogen and oxygen atoms in total. The van der Waals surface area contributed by atoms with Crippen molar-refractivity contribution in [2.75, 3.05) is 19.7 Å². The molecular formula is C13H15FN2O5. The molecule has 0 unspecified atom stereocenters. The van der Waals surface area contributed by atoms with E-state index < -0.39 is 28.3 Å². The lowest BCUT2D eigenvalue weighted by Gasteiger charge is -2.19. The van der Waals surface area contributed by atoms with Crippen LogP contribution in [-0.4, -0.2) is 41.4 Å². The number of likely N-dealkylation sites (N-methyl/N-ethyl adjacent to an activating group) is 1. The van der Waals surface area contributed by atoms with Crippen molar-refractivity contribution < 1.29 is 23.6 Å². The third-order valence-corrected chi connectivity index (χ3v) is 2.69. The lowest BCUT2D eigenvalue weighted by molar-refractivity contribution is -0.385. The van der Waals surface area contributed by atoms with Gasteiger partial charge in [0.05, 0.1) is 23.2 Å². The van der Waals surface area contributed by atoms with Gasteiger partial charge < -0.3 is 9.64 Å². The lowest BCUT2D eigenvalue weighted by Crippen LogP contribution is -2.36. The van der Waals surface area contributed by atoms with Crippen LogP contribution in [0.4, 0.5) is 10.1 Å². The Balaban J connectivity index is 2.95. The first-order valence-corrected chi connectivity index (χ1v) is 6.29. The Labute approximate surface area is 120 Å². The van der Waals surface area contributed by atoms with Crippen molar-refractivity contribution in [1.29, 1.82) is 0 Å². The van der Waals surface area contributed by atoms with Crippen LogP contribution in [0.3, 0.4) is 0 Å². The van der Waals surface area contributed by atoms with Gasteiger partial charge in [-0.25, -0.2) is 4.39 Å². The van der Waals surface area contributed by atoms with E-state index in [1.807, 2.05) is 0 Å². The molecular weight excluding hydrogens is 283 g/mol. The Morgan fingerprint density at radius 2 is 2.05 bits per heavy atom. The topological polar surface area (TPSA) is 89.8 Å². The minimum Gasteiger partial charge on any atom is -0.465 e. The van der Waals surface area contributed by atoms with Crippen molar-refractivity contribution in [3.05, 3.63) is 39.7 Å². The molecule has 1 aromatic carbocycles. The third-order valence-electron chi connectivity index (χ3n) is 2.69. The van der Waals surface area contributed by atoms with Crippen molar-refractivity contribution in [2.24, 2.45) is 0 Å². The highest BCUT2D eigenvalue weighted by Gasteiger charge is 2.22. The van der Waals surface area contributed by atoms with Gasteiger partial charge in [0.2, 0.25) is 0 Å². The van der Waals surface area contributed by atoms with E-state index in [9.17, 15) is 24.1 Å². The second kappa shape index (κ2) is 7.32. The van der Waals surface area contributed by atoms with Gasteiger partial charge in [-0.2, -0.15) is 0 Å². The summed E-state index contributed by atoms with van der Waals surface area (Å²) in [5.74, 6) is -2.33. The number of nitro benzene ring substituents is 1. The number of halogens is 1. The Bertz CT molecular complexity index is 561. The molecule has 114 valence electrons. The molecule has 0 bridgehead atoms. The summed E-state index contributed by atoms with van der Waals surface area (Å²) in [6.45, 7) is 3.30. The predicted octanol–water partition coefficient (Wildman–Crippen LogP) is 1.76. The zero-order chi connectivity index (χ0) is 16.0.